The normalized spacial score (nSPS) is 11.2. The molecule has 0 aromatic carbocycles. The number of nitrogen functional groups attached to an aromatic ring is 2. The van der Waals surface area contributed by atoms with Gasteiger partial charge in [-0.25, -0.2) is 9.97 Å². The summed E-state index contributed by atoms with van der Waals surface area (Å²) in [4.78, 5) is 16.5. The van der Waals surface area contributed by atoms with E-state index in [9.17, 15) is 0 Å². The Kier molecular flexibility index (Phi) is 3.03. The molecular weight excluding hydrogens is 216 g/mol. The van der Waals surface area contributed by atoms with Crippen molar-refractivity contribution >= 4 is 22.9 Å². The number of nitrogens with two attached hydrogens (primary N) is 2. The third-order valence-corrected chi connectivity index (χ3v) is 2.48. The lowest BCUT2D eigenvalue weighted by Crippen LogP contribution is -2.05. The first kappa shape index (κ1) is 11.5. The lowest BCUT2D eigenvalue weighted by Gasteiger charge is -2.05. The molecule has 2 aromatic rings. The topological polar surface area (TPSA) is 104 Å². The molecule has 0 atom stereocenters. The Morgan fingerprint density at radius 1 is 1.18 bits per heavy atom. The van der Waals surface area contributed by atoms with E-state index in [1.165, 1.54) is 0 Å². The Bertz CT molecular complexity index is 537. The molecule has 2 rings (SSSR count). The highest BCUT2D eigenvalue weighted by molar-refractivity contribution is 5.81. The third kappa shape index (κ3) is 2.58. The molecule has 0 unspecified atom stereocenters. The van der Waals surface area contributed by atoms with Gasteiger partial charge in [0.25, 0.3) is 0 Å². The summed E-state index contributed by atoms with van der Waals surface area (Å²) >= 11 is 0. The van der Waals surface area contributed by atoms with Crippen molar-refractivity contribution in [1.29, 1.82) is 0 Å². The Morgan fingerprint density at radius 2 is 1.94 bits per heavy atom. The molecule has 0 aliphatic carbocycles. The lowest BCUT2D eigenvalue weighted by molar-refractivity contribution is 0.581. The van der Waals surface area contributed by atoms with Crippen LogP contribution < -0.4 is 11.5 Å². The molecule has 0 fully saturated rings. The number of anilines is 2. The van der Waals surface area contributed by atoms with Crippen LogP contribution in [0.25, 0.3) is 11.2 Å². The number of hydrogen-bond acceptors (Lipinski definition) is 6. The average Bonchev–Trinajstić information content (AvgIpc) is 2.26. The molecule has 6 nitrogen and oxygen atoms in total. The first-order valence-electron chi connectivity index (χ1n) is 5.61. The van der Waals surface area contributed by atoms with Crippen LogP contribution in [0.3, 0.4) is 0 Å². The number of fused-ring (bicyclic) bond motifs is 1. The van der Waals surface area contributed by atoms with Crippen molar-refractivity contribution in [3.63, 3.8) is 0 Å². The molecule has 0 amide bonds. The summed E-state index contributed by atoms with van der Waals surface area (Å²) in [5, 5.41) is 0. The van der Waals surface area contributed by atoms with Crippen LogP contribution in [0.1, 0.15) is 26.0 Å². The number of hydrogen-bond donors (Lipinski definition) is 2. The van der Waals surface area contributed by atoms with Gasteiger partial charge in [0.1, 0.15) is 0 Å². The fourth-order valence-electron chi connectivity index (χ4n) is 1.54. The molecule has 0 bridgehead atoms. The molecular formula is C11H16N6. The van der Waals surface area contributed by atoms with Gasteiger partial charge in [-0.15, -0.1) is 0 Å². The van der Waals surface area contributed by atoms with Crippen LogP contribution in [0.2, 0.25) is 0 Å². The highest BCUT2D eigenvalue weighted by Gasteiger charge is 2.07. The summed E-state index contributed by atoms with van der Waals surface area (Å²) in [5.74, 6) is 1.04. The zero-order chi connectivity index (χ0) is 12.4. The van der Waals surface area contributed by atoms with E-state index in [1.807, 2.05) is 0 Å². The van der Waals surface area contributed by atoms with Gasteiger partial charge in [-0.3, -0.25) is 0 Å². The fourth-order valence-corrected chi connectivity index (χ4v) is 1.54. The van der Waals surface area contributed by atoms with Crippen LogP contribution in [-0.2, 0) is 6.42 Å². The fraction of sp³-hybridized carbons (Fsp3) is 0.455. The molecule has 90 valence electrons. The second-order valence-corrected chi connectivity index (χ2v) is 4.43. The molecule has 0 aliphatic rings. The minimum Gasteiger partial charge on any atom is -0.382 e. The minimum atomic E-state index is 0.124. The number of rotatable bonds is 3. The summed E-state index contributed by atoms with van der Waals surface area (Å²) < 4.78 is 0. The number of nitrogens with zero attached hydrogens (tertiary/aromatic N) is 4. The van der Waals surface area contributed by atoms with Gasteiger partial charge >= 0.3 is 0 Å². The minimum absolute atomic E-state index is 0.124. The lowest BCUT2D eigenvalue weighted by atomic mass is 10.1. The Balaban J connectivity index is 2.36. The van der Waals surface area contributed by atoms with Crippen molar-refractivity contribution < 1.29 is 0 Å². The average molecular weight is 232 g/mol. The van der Waals surface area contributed by atoms with Crippen molar-refractivity contribution in [2.45, 2.75) is 26.7 Å². The van der Waals surface area contributed by atoms with Gasteiger partial charge in [0.2, 0.25) is 5.95 Å². The first-order valence-corrected chi connectivity index (χ1v) is 5.61. The van der Waals surface area contributed by atoms with E-state index < -0.39 is 0 Å². The molecule has 0 radical (unpaired) electrons. The summed E-state index contributed by atoms with van der Waals surface area (Å²) in [5.41, 5.74) is 13.1. The summed E-state index contributed by atoms with van der Waals surface area (Å²) in [6, 6.07) is 0. The smallest absolute Gasteiger partial charge is 0.224 e. The monoisotopic (exact) mass is 232 g/mol. The highest BCUT2D eigenvalue weighted by Crippen LogP contribution is 2.15. The number of aryl methyl sites for hydroxylation is 1. The van der Waals surface area contributed by atoms with E-state index in [2.05, 4.69) is 33.8 Å². The third-order valence-electron chi connectivity index (χ3n) is 2.48. The van der Waals surface area contributed by atoms with Gasteiger partial charge in [0, 0.05) is 0 Å². The van der Waals surface area contributed by atoms with Crippen molar-refractivity contribution in [1.82, 2.24) is 19.9 Å². The predicted molar refractivity (Wildman–Crippen MR) is 67.1 cm³/mol. The molecule has 17 heavy (non-hydrogen) atoms. The molecule has 0 saturated heterocycles. The quantitative estimate of drug-likeness (QED) is 0.823. The maximum Gasteiger partial charge on any atom is 0.224 e. The Morgan fingerprint density at radius 3 is 2.65 bits per heavy atom. The van der Waals surface area contributed by atoms with E-state index in [4.69, 9.17) is 11.5 Å². The van der Waals surface area contributed by atoms with Gasteiger partial charge in [0.15, 0.2) is 17.0 Å². The highest BCUT2D eigenvalue weighted by atomic mass is 15.1. The van der Waals surface area contributed by atoms with Crippen molar-refractivity contribution in [3.8, 4) is 0 Å². The summed E-state index contributed by atoms with van der Waals surface area (Å²) in [7, 11) is 0. The second-order valence-electron chi connectivity index (χ2n) is 4.43. The van der Waals surface area contributed by atoms with Gasteiger partial charge in [0.05, 0.1) is 11.9 Å². The molecule has 0 saturated carbocycles. The van der Waals surface area contributed by atoms with Gasteiger partial charge in [-0.1, -0.05) is 13.8 Å². The van der Waals surface area contributed by atoms with Gasteiger partial charge < -0.3 is 11.5 Å². The molecule has 2 heterocycles. The van der Waals surface area contributed by atoms with Crippen LogP contribution in [0.15, 0.2) is 6.20 Å². The van der Waals surface area contributed by atoms with Crippen LogP contribution in [0, 0.1) is 5.92 Å². The zero-order valence-corrected chi connectivity index (χ0v) is 10.0. The maximum absolute atomic E-state index is 5.75. The molecule has 6 heteroatoms. The summed E-state index contributed by atoms with van der Waals surface area (Å²) in [6.07, 6.45) is 3.66. The van der Waals surface area contributed by atoms with Crippen LogP contribution >= 0.6 is 0 Å². The zero-order valence-electron chi connectivity index (χ0n) is 10.0. The SMILES string of the molecule is CC(C)CCc1cnc2nc(N)nc(N)c2n1. The van der Waals surface area contributed by atoms with E-state index >= 15 is 0 Å². The van der Waals surface area contributed by atoms with Gasteiger partial charge in [-0.2, -0.15) is 9.97 Å². The summed E-state index contributed by atoms with van der Waals surface area (Å²) in [6.45, 7) is 4.35. The van der Waals surface area contributed by atoms with Crippen LogP contribution in [0.5, 0.6) is 0 Å². The molecule has 0 spiro atoms. The van der Waals surface area contributed by atoms with Crippen LogP contribution in [-0.4, -0.2) is 19.9 Å². The van der Waals surface area contributed by atoms with E-state index in [1.54, 1.807) is 6.20 Å². The van der Waals surface area contributed by atoms with E-state index in [0.29, 0.717) is 17.1 Å². The van der Waals surface area contributed by atoms with Crippen LogP contribution in [0.4, 0.5) is 11.8 Å². The largest absolute Gasteiger partial charge is 0.382 e. The second kappa shape index (κ2) is 4.48. The van der Waals surface area contributed by atoms with Crippen molar-refractivity contribution in [2.24, 2.45) is 5.92 Å². The Hall–Kier alpha value is -1.98. The first-order chi connectivity index (χ1) is 8.06. The standard InChI is InChI=1S/C11H16N6/c1-6(2)3-4-7-5-14-10-8(15-7)9(12)16-11(13)17-10/h5-6H,3-4H2,1-2H3,(H4,12,13,14,16,17). The van der Waals surface area contributed by atoms with Gasteiger partial charge in [-0.05, 0) is 18.8 Å². The maximum atomic E-state index is 5.75. The predicted octanol–water partition coefficient (Wildman–Crippen LogP) is 1.17. The van der Waals surface area contributed by atoms with E-state index in [-0.39, 0.29) is 11.8 Å². The molecule has 4 N–H and O–H groups in total. The molecule has 0 aliphatic heterocycles. The van der Waals surface area contributed by atoms with Crippen molar-refractivity contribution in [2.75, 3.05) is 11.5 Å². The number of aromatic nitrogens is 4. The molecule has 2 aromatic heterocycles. The Labute approximate surface area is 99.5 Å². The van der Waals surface area contributed by atoms with Crippen molar-refractivity contribution in [3.05, 3.63) is 11.9 Å². The van der Waals surface area contributed by atoms with E-state index in [0.717, 1.165) is 18.5 Å².